The summed E-state index contributed by atoms with van der Waals surface area (Å²) in [5.41, 5.74) is 7.62. The van der Waals surface area contributed by atoms with Crippen LogP contribution in [-0.4, -0.2) is 19.1 Å². The van der Waals surface area contributed by atoms with Gasteiger partial charge in [-0.1, -0.05) is 6.92 Å². The van der Waals surface area contributed by atoms with Gasteiger partial charge in [0.2, 0.25) is 0 Å². The maximum atomic E-state index is 11.7. The summed E-state index contributed by atoms with van der Waals surface area (Å²) in [7, 11) is 0. The minimum Gasteiger partial charge on any atom is -0.462 e. The molecule has 104 valence electrons. The molecule has 1 atom stereocenters. The summed E-state index contributed by atoms with van der Waals surface area (Å²) in [6, 6.07) is 5.42. The molecule has 0 aromatic heterocycles. The largest absolute Gasteiger partial charge is 0.462 e. The van der Waals surface area contributed by atoms with Crippen LogP contribution >= 0.6 is 0 Å². The monoisotopic (exact) mass is 262 g/mol. The normalized spacial score (nSPS) is 15.9. The van der Waals surface area contributed by atoms with Gasteiger partial charge in [0, 0.05) is 17.9 Å². The molecule has 1 aliphatic carbocycles. The van der Waals surface area contributed by atoms with Crippen LogP contribution in [0.1, 0.15) is 37.0 Å². The second-order valence-corrected chi connectivity index (χ2v) is 5.22. The predicted octanol–water partition coefficient (Wildman–Crippen LogP) is 2.90. The molecule has 2 rings (SSSR count). The van der Waals surface area contributed by atoms with Crippen LogP contribution in [0.2, 0.25) is 0 Å². The highest BCUT2D eigenvalue weighted by Crippen LogP contribution is 2.36. The molecule has 0 amide bonds. The van der Waals surface area contributed by atoms with Crippen LogP contribution < -0.4 is 11.1 Å². The van der Waals surface area contributed by atoms with Crippen molar-refractivity contribution in [3.63, 3.8) is 0 Å². The van der Waals surface area contributed by atoms with Crippen molar-refractivity contribution in [1.29, 1.82) is 0 Å². The standard InChI is InChI=1S/C15H22N2O2/c1-3-19-15(18)13-8-12(6-7-14(13)16)17-9-10(2)11-4-5-11/h6-8,10-11,17H,3-5,9,16H2,1-2H3. The second-order valence-electron chi connectivity index (χ2n) is 5.22. The Morgan fingerprint density at radius 3 is 2.89 bits per heavy atom. The first-order valence-electron chi connectivity index (χ1n) is 6.92. The van der Waals surface area contributed by atoms with E-state index >= 15 is 0 Å². The number of hydrogen-bond acceptors (Lipinski definition) is 4. The lowest BCUT2D eigenvalue weighted by molar-refractivity contribution is 0.0527. The molecule has 0 heterocycles. The summed E-state index contributed by atoms with van der Waals surface area (Å²) in [6.07, 6.45) is 2.69. The van der Waals surface area contributed by atoms with E-state index in [0.29, 0.717) is 23.8 Å². The Labute approximate surface area is 114 Å². The van der Waals surface area contributed by atoms with Gasteiger partial charge in [-0.2, -0.15) is 0 Å². The summed E-state index contributed by atoms with van der Waals surface area (Å²) in [4.78, 5) is 11.7. The van der Waals surface area contributed by atoms with E-state index in [0.717, 1.165) is 18.2 Å². The van der Waals surface area contributed by atoms with Crippen molar-refractivity contribution in [3.05, 3.63) is 23.8 Å². The molecular weight excluding hydrogens is 240 g/mol. The lowest BCUT2D eigenvalue weighted by atomic mass is 10.1. The van der Waals surface area contributed by atoms with Gasteiger partial charge < -0.3 is 15.8 Å². The van der Waals surface area contributed by atoms with Crippen LogP contribution in [0.5, 0.6) is 0 Å². The predicted molar refractivity (Wildman–Crippen MR) is 77.2 cm³/mol. The number of nitrogens with two attached hydrogens (primary N) is 1. The number of benzene rings is 1. The van der Waals surface area contributed by atoms with Gasteiger partial charge in [0.15, 0.2) is 0 Å². The van der Waals surface area contributed by atoms with Gasteiger partial charge in [-0.3, -0.25) is 0 Å². The van der Waals surface area contributed by atoms with Gasteiger partial charge in [-0.25, -0.2) is 4.79 Å². The third-order valence-electron chi connectivity index (χ3n) is 3.60. The Balaban J connectivity index is 2.00. The van der Waals surface area contributed by atoms with Crippen LogP contribution in [0.15, 0.2) is 18.2 Å². The van der Waals surface area contributed by atoms with Crippen molar-refractivity contribution < 1.29 is 9.53 Å². The number of nitrogens with one attached hydrogen (secondary N) is 1. The van der Waals surface area contributed by atoms with Crippen molar-refractivity contribution in [1.82, 2.24) is 0 Å². The molecule has 4 nitrogen and oxygen atoms in total. The van der Waals surface area contributed by atoms with E-state index in [1.54, 1.807) is 19.1 Å². The summed E-state index contributed by atoms with van der Waals surface area (Å²) in [5.74, 6) is 1.17. The number of hydrogen-bond donors (Lipinski definition) is 2. The first kappa shape index (κ1) is 13.7. The maximum absolute atomic E-state index is 11.7. The van der Waals surface area contributed by atoms with E-state index in [1.165, 1.54) is 12.8 Å². The Kier molecular flexibility index (Phi) is 4.30. The van der Waals surface area contributed by atoms with Gasteiger partial charge in [0.1, 0.15) is 0 Å². The Morgan fingerprint density at radius 1 is 1.53 bits per heavy atom. The molecule has 1 fully saturated rings. The van der Waals surface area contributed by atoms with Gasteiger partial charge in [-0.05, 0) is 49.8 Å². The molecule has 1 saturated carbocycles. The number of anilines is 2. The summed E-state index contributed by atoms with van der Waals surface area (Å²) in [5, 5.41) is 3.37. The van der Waals surface area contributed by atoms with E-state index < -0.39 is 0 Å². The Morgan fingerprint density at radius 2 is 2.26 bits per heavy atom. The van der Waals surface area contributed by atoms with Crippen LogP contribution in [-0.2, 0) is 4.74 Å². The Bertz CT molecular complexity index is 455. The second kappa shape index (κ2) is 5.95. The van der Waals surface area contributed by atoms with Gasteiger partial charge in [-0.15, -0.1) is 0 Å². The quantitative estimate of drug-likeness (QED) is 0.611. The Hall–Kier alpha value is -1.71. The number of ether oxygens (including phenoxy) is 1. The van der Waals surface area contributed by atoms with Gasteiger partial charge in [0.05, 0.1) is 12.2 Å². The van der Waals surface area contributed by atoms with Crippen molar-refractivity contribution in [2.75, 3.05) is 24.2 Å². The number of rotatable bonds is 6. The highest BCUT2D eigenvalue weighted by Gasteiger charge is 2.27. The number of carbonyl (C=O) groups is 1. The zero-order valence-electron chi connectivity index (χ0n) is 11.6. The highest BCUT2D eigenvalue weighted by atomic mass is 16.5. The molecule has 0 spiro atoms. The molecule has 4 heteroatoms. The van der Waals surface area contributed by atoms with Crippen molar-refractivity contribution in [3.8, 4) is 0 Å². The topological polar surface area (TPSA) is 64.3 Å². The summed E-state index contributed by atoms with van der Waals surface area (Å²) in [6.45, 7) is 5.33. The summed E-state index contributed by atoms with van der Waals surface area (Å²) >= 11 is 0. The lowest BCUT2D eigenvalue weighted by Crippen LogP contribution is -2.14. The molecule has 1 aromatic rings. The average Bonchev–Trinajstić information content (AvgIpc) is 3.22. The van der Waals surface area contributed by atoms with E-state index in [4.69, 9.17) is 10.5 Å². The molecule has 0 aliphatic heterocycles. The molecule has 1 aliphatic rings. The molecule has 0 saturated heterocycles. The van der Waals surface area contributed by atoms with Crippen LogP contribution in [0.3, 0.4) is 0 Å². The molecule has 0 radical (unpaired) electrons. The van der Waals surface area contributed by atoms with E-state index in [2.05, 4.69) is 12.2 Å². The zero-order valence-corrected chi connectivity index (χ0v) is 11.6. The van der Waals surface area contributed by atoms with E-state index in [1.807, 2.05) is 6.07 Å². The molecule has 19 heavy (non-hydrogen) atoms. The third kappa shape index (κ3) is 3.63. The fourth-order valence-electron chi connectivity index (χ4n) is 2.16. The smallest absolute Gasteiger partial charge is 0.340 e. The first-order valence-corrected chi connectivity index (χ1v) is 6.92. The molecular formula is C15H22N2O2. The van der Waals surface area contributed by atoms with Crippen LogP contribution in [0.25, 0.3) is 0 Å². The zero-order chi connectivity index (χ0) is 13.8. The fourth-order valence-corrected chi connectivity index (χ4v) is 2.16. The van der Waals surface area contributed by atoms with E-state index in [9.17, 15) is 4.79 Å². The molecule has 3 N–H and O–H groups in total. The lowest BCUT2D eigenvalue weighted by Gasteiger charge is -2.14. The number of esters is 1. The van der Waals surface area contributed by atoms with E-state index in [-0.39, 0.29) is 5.97 Å². The average molecular weight is 262 g/mol. The molecule has 0 bridgehead atoms. The fraction of sp³-hybridized carbons (Fsp3) is 0.533. The molecule has 1 aromatic carbocycles. The minimum atomic E-state index is -0.362. The van der Waals surface area contributed by atoms with Gasteiger partial charge >= 0.3 is 5.97 Å². The molecule has 1 unspecified atom stereocenters. The van der Waals surface area contributed by atoms with Gasteiger partial charge in [0.25, 0.3) is 0 Å². The SMILES string of the molecule is CCOC(=O)c1cc(NCC(C)C2CC2)ccc1N. The maximum Gasteiger partial charge on any atom is 0.340 e. The number of carbonyl (C=O) groups excluding carboxylic acids is 1. The summed E-state index contributed by atoms with van der Waals surface area (Å²) < 4.78 is 4.99. The number of nitrogen functional groups attached to an aromatic ring is 1. The third-order valence-corrected chi connectivity index (χ3v) is 3.60. The van der Waals surface area contributed by atoms with Crippen molar-refractivity contribution >= 4 is 17.3 Å². The van der Waals surface area contributed by atoms with Crippen molar-refractivity contribution in [2.45, 2.75) is 26.7 Å². The highest BCUT2D eigenvalue weighted by molar-refractivity contribution is 5.96. The first-order chi connectivity index (χ1) is 9.11. The van der Waals surface area contributed by atoms with Crippen LogP contribution in [0.4, 0.5) is 11.4 Å². The minimum absolute atomic E-state index is 0.356. The van der Waals surface area contributed by atoms with Crippen LogP contribution in [0, 0.1) is 11.8 Å². The van der Waals surface area contributed by atoms with Crippen molar-refractivity contribution in [2.24, 2.45) is 11.8 Å².